The minimum Gasteiger partial charge on any atom is -0.465 e. The topological polar surface area (TPSA) is 110 Å². The molecular weight excluding hydrogens is 420 g/mol. The SMILES string of the molecule is C[C@H](CC(C)(C)C)C(NC(=O)O)C(=O)N1C[C@H](O)[C@@](O)(c2ccc(Cl)cc2)C(C)(C)C1. The normalized spacial score (nSPS) is 25.6. The minimum absolute atomic E-state index is 0.0896. The second-order valence-corrected chi connectivity index (χ2v) is 11.0. The average molecular weight is 455 g/mol. The molecule has 0 radical (unpaired) electrons. The molecule has 31 heavy (non-hydrogen) atoms. The number of benzene rings is 1. The third kappa shape index (κ3) is 5.51. The number of aliphatic hydroxyl groups is 2. The number of likely N-dealkylation sites (tertiary alicyclic amines) is 1. The van der Waals surface area contributed by atoms with Crippen molar-refractivity contribution in [3.63, 3.8) is 0 Å². The number of nitrogens with zero attached hydrogens (tertiary/aromatic N) is 1. The zero-order valence-electron chi connectivity index (χ0n) is 19.1. The number of piperidine rings is 1. The van der Waals surface area contributed by atoms with Crippen molar-refractivity contribution in [2.75, 3.05) is 13.1 Å². The fourth-order valence-electron chi connectivity index (χ4n) is 4.77. The molecule has 1 unspecified atom stereocenters. The maximum Gasteiger partial charge on any atom is 0.405 e. The number of halogens is 1. The summed E-state index contributed by atoms with van der Waals surface area (Å²) in [5, 5.41) is 34.7. The van der Waals surface area contributed by atoms with E-state index in [4.69, 9.17) is 11.6 Å². The van der Waals surface area contributed by atoms with Crippen molar-refractivity contribution < 1.29 is 24.9 Å². The van der Waals surface area contributed by atoms with E-state index in [1.165, 1.54) is 4.90 Å². The van der Waals surface area contributed by atoms with Gasteiger partial charge in [-0.15, -0.1) is 0 Å². The van der Waals surface area contributed by atoms with Gasteiger partial charge in [0, 0.05) is 23.5 Å². The molecule has 174 valence electrons. The molecule has 8 heteroatoms. The maximum absolute atomic E-state index is 13.4. The van der Waals surface area contributed by atoms with Gasteiger partial charge in [0.05, 0.1) is 0 Å². The van der Waals surface area contributed by atoms with Crippen LogP contribution < -0.4 is 5.32 Å². The highest BCUT2D eigenvalue weighted by molar-refractivity contribution is 6.30. The molecule has 0 spiro atoms. The van der Waals surface area contributed by atoms with Crippen LogP contribution in [-0.2, 0) is 10.4 Å². The molecule has 1 fully saturated rings. The second kappa shape index (κ2) is 8.96. The lowest BCUT2D eigenvalue weighted by molar-refractivity contribution is -0.200. The van der Waals surface area contributed by atoms with Crippen molar-refractivity contribution >= 4 is 23.6 Å². The lowest BCUT2D eigenvalue weighted by Crippen LogP contribution is -2.66. The van der Waals surface area contributed by atoms with E-state index >= 15 is 0 Å². The van der Waals surface area contributed by atoms with Crippen molar-refractivity contribution in [3.05, 3.63) is 34.9 Å². The van der Waals surface area contributed by atoms with Gasteiger partial charge in [0.2, 0.25) is 5.91 Å². The van der Waals surface area contributed by atoms with Gasteiger partial charge >= 0.3 is 6.09 Å². The number of carbonyl (C=O) groups is 2. The molecule has 0 bridgehead atoms. The fraction of sp³-hybridized carbons (Fsp3) is 0.652. The lowest BCUT2D eigenvalue weighted by Gasteiger charge is -2.53. The van der Waals surface area contributed by atoms with E-state index in [1.54, 1.807) is 38.1 Å². The Hall–Kier alpha value is -1.83. The maximum atomic E-state index is 13.4. The summed E-state index contributed by atoms with van der Waals surface area (Å²) in [5.41, 5.74) is -2.08. The third-order valence-corrected chi connectivity index (χ3v) is 6.39. The van der Waals surface area contributed by atoms with Crippen molar-refractivity contribution in [2.24, 2.45) is 16.7 Å². The first kappa shape index (κ1) is 25.4. The number of aliphatic hydroxyl groups excluding tert-OH is 1. The van der Waals surface area contributed by atoms with Gasteiger partial charge in [-0.3, -0.25) is 4.79 Å². The van der Waals surface area contributed by atoms with Crippen LogP contribution in [0.25, 0.3) is 0 Å². The molecule has 2 amide bonds. The highest BCUT2D eigenvalue weighted by atomic mass is 35.5. The second-order valence-electron chi connectivity index (χ2n) is 10.6. The van der Waals surface area contributed by atoms with Crippen LogP contribution in [0.15, 0.2) is 24.3 Å². The number of β-amino-alcohol motifs (C(OH)–C–C–N with tert-alkyl or cyclic N) is 1. The average Bonchev–Trinajstić information content (AvgIpc) is 2.62. The largest absolute Gasteiger partial charge is 0.465 e. The van der Waals surface area contributed by atoms with Crippen LogP contribution in [0.3, 0.4) is 0 Å². The number of carbonyl (C=O) groups excluding carboxylic acids is 1. The summed E-state index contributed by atoms with van der Waals surface area (Å²) < 4.78 is 0. The predicted molar refractivity (Wildman–Crippen MR) is 120 cm³/mol. The number of rotatable bonds is 5. The number of hydrogen-bond donors (Lipinski definition) is 4. The highest BCUT2D eigenvalue weighted by Gasteiger charge is 2.56. The molecule has 7 nitrogen and oxygen atoms in total. The Morgan fingerprint density at radius 2 is 1.81 bits per heavy atom. The van der Waals surface area contributed by atoms with E-state index in [-0.39, 0.29) is 24.4 Å². The molecule has 1 aliphatic heterocycles. The van der Waals surface area contributed by atoms with Gasteiger partial charge in [-0.1, -0.05) is 65.3 Å². The smallest absolute Gasteiger partial charge is 0.405 e. The van der Waals surface area contributed by atoms with Crippen LogP contribution in [0.4, 0.5) is 4.79 Å². The molecule has 1 aromatic rings. The fourth-order valence-corrected chi connectivity index (χ4v) is 4.90. The Morgan fingerprint density at radius 1 is 1.26 bits per heavy atom. The molecule has 0 aliphatic carbocycles. The van der Waals surface area contributed by atoms with Crippen LogP contribution >= 0.6 is 11.6 Å². The molecule has 2 rings (SSSR count). The van der Waals surface area contributed by atoms with Crippen LogP contribution in [-0.4, -0.2) is 57.5 Å². The van der Waals surface area contributed by atoms with Crippen molar-refractivity contribution in [1.82, 2.24) is 10.2 Å². The molecule has 1 saturated heterocycles. The summed E-state index contributed by atoms with van der Waals surface area (Å²) in [6.45, 7) is 11.6. The van der Waals surface area contributed by atoms with Gasteiger partial charge in [-0.05, 0) is 35.4 Å². The number of nitrogens with one attached hydrogen (secondary N) is 1. The standard InChI is InChI=1S/C23H35ClN2O5/c1-14(11-21(2,3)4)18(25-20(29)30)19(28)26-12-17(27)23(31,22(5,6)13-26)15-7-9-16(24)10-8-15/h7-10,14,17-18,25,27,31H,11-13H2,1-6H3,(H,29,30)/t14-,17+,18?,23+/m1/s1. The molecule has 1 aliphatic rings. The molecule has 1 aromatic carbocycles. The molecule has 4 atom stereocenters. The molecular formula is C23H35ClN2O5. The summed E-state index contributed by atoms with van der Waals surface area (Å²) in [4.78, 5) is 26.2. The van der Waals surface area contributed by atoms with Gasteiger partial charge in [-0.25, -0.2) is 4.79 Å². The Kier molecular flexibility index (Phi) is 7.35. The van der Waals surface area contributed by atoms with Crippen LogP contribution in [0.2, 0.25) is 5.02 Å². The van der Waals surface area contributed by atoms with E-state index in [0.717, 1.165) is 0 Å². The Labute approximate surface area is 189 Å². The zero-order chi connectivity index (χ0) is 23.8. The van der Waals surface area contributed by atoms with Crippen molar-refractivity contribution in [3.8, 4) is 0 Å². The Balaban J connectivity index is 2.32. The zero-order valence-corrected chi connectivity index (χ0v) is 19.9. The van der Waals surface area contributed by atoms with E-state index in [9.17, 15) is 24.9 Å². The first-order valence-electron chi connectivity index (χ1n) is 10.5. The van der Waals surface area contributed by atoms with Crippen LogP contribution in [0, 0.1) is 16.7 Å². The molecule has 4 N–H and O–H groups in total. The van der Waals surface area contributed by atoms with Crippen LogP contribution in [0.1, 0.15) is 53.5 Å². The number of carboxylic acid groups (broad SMARTS) is 1. The van der Waals surface area contributed by atoms with E-state index < -0.39 is 35.2 Å². The quantitative estimate of drug-likeness (QED) is 0.544. The van der Waals surface area contributed by atoms with E-state index in [0.29, 0.717) is 17.0 Å². The van der Waals surface area contributed by atoms with Gasteiger partial charge in [-0.2, -0.15) is 0 Å². The van der Waals surface area contributed by atoms with Gasteiger partial charge in [0.1, 0.15) is 17.7 Å². The summed E-state index contributed by atoms with van der Waals surface area (Å²) in [6.07, 6.45) is -1.89. The monoisotopic (exact) mass is 454 g/mol. The van der Waals surface area contributed by atoms with Gasteiger partial charge < -0.3 is 25.5 Å². The highest BCUT2D eigenvalue weighted by Crippen LogP contribution is 2.46. The first-order chi connectivity index (χ1) is 14.1. The van der Waals surface area contributed by atoms with Crippen LogP contribution in [0.5, 0.6) is 0 Å². The summed E-state index contributed by atoms with van der Waals surface area (Å²) >= 11 is 5.97. The third-order valence-electron chi connectivity index (χ3n) is 6.14. The Bertz CT molecular complexity index is 805. The lowest BCUT2D eigenvalue weighted by atomic mass is 9.65. The van der Waals surface area contributed by atoms with Crippen molar-refractivity contribution in [2.45, 2.75) is 65.7 Å². The Morgan fingerprint density at radius 3 is 2.26 bits per heavy atom. The van der Waals surface area contributed by atoms with Gasteiger partial charge in [0.25, 0.3) is 0 Å². The first-order valence-corrected chi connectivity index (χ1v) is 10.9. The summed E-state index contributed by atoms with van der Waals surface area (Å²) in [5.74, 6) is -0.648. The molecule has 1 heterocycles. The molecule has 0 saturated carbocycles. The summed E-state index contributed by atoms with van der Waals surface area (Å²) in [7, 11) is 0. The van der Waals surface area contributed by atoms with Gasteiger partial charge in [0.15, 0.2) is 0 Å². The van der Waals surface area contributed by atoms with E-state index in [2.05, 4.69) is 5.32 Å². The minimum atomic E-state index is -1.60. The molecule has 0 aromatic heterocycles. The predicted octanol–water partition coefficient (Wildman–Crippen LogP) is 3.47. The number of amides is 2. The van der Waals surface area contributed by atoms with E-state index in [1.807, 2.05) is 27.7 Å². The number of hydrogen-bond acceptors (Lipinski definition) is 4. The summed E-state index contributed by atoms with van der Waals surface area (Å²) in [6, 6.07) is 5.70. The van der Waals surface area contributed by atoms with Crippen molar-refractivity contribution in [1.29, 1.82) is 0 Å².